The van der Waals surface area contributed by atoms with Crippen LogP contribution in [0.4, 0.5) is 17.6 Å². The quantitative estimate of drug-likeness (QED) is 0.583. The third kappa shape index (κ3) is 5.11. The first-order chi connectivity index (χ1) is 12.9. The Kier molecular flexibility index (Phi) is 5.25. The van der Waals surface area contributed by atoms with Crippen LogP contribution in [-0.2, 0) is 6.54 Å². The minimum Gasteiger partial charge on any atom is -0.350 e. The monoisotopic (exact) mass is 401 g/mol. The predicted octanol–water partition coefficient (Wildman–Crippen LogP) is 4.48. The van der Waals surface area contributed by atoms with Crippen molar-refractivity contribution in [2.75, 3.05) is 10.6 Å². The molecule has 8 heteroatoms. The highest BCUT2D eigenvalue weighted by molar-refractivity contribution is 6.30. The van der Waals surface area contributed by atoms with Crippen molar-refractivity contribution in [2.24, 2.45) is 5.73 Å². The van der Waals surface area contributed by atoms with Gasteiger partial charge >= 0.3 is 0 Å². The fraction of sp³-hybridized carbons (Fsp3) is 0.450. The standard InChI is InChI=1S/C20H28ClN7/c1-12-7-13(21)9-14(8-12)24-18-25-15-10-23-17(27-19(2,3)4)26-16(15)28(18)11-20(5,6)22/h7-10H,11,22H2,1-6H3,(H,24,25)(H,23,26,27). The van der Waals surface area contributed by atoms with Gasteiger partial charge in [-0.1, -0.05) is 11.6 Å². The number of aromatic nitrogens is 4. The lowest BCUT2D eigenvalue weighted by Crippen LogP contribution is -2.37. The van der Waals surface area contributed by atoms with Gasteiger partial charge in [-0.15, -0.1) is 0 Å². The number of nitrogens with two attached hydrogens (primary N) is 1. The smallest absolute Gasteiger partial charge is 0.225 e. The first-order valence-corrected chi connectivity index (χ1v) is 9.62. The van der Waals surface area contributed by atoms with Crippen LogP contribution in [0.5, 0.6) is 0 Å². The zero-order valence-electron chi connectivity index (χ0n) is 17.3. The van der Waals surface area contributed by atoms with Gasteiger partial charge in [0.2, 0.25) is 11.9 Å². The van der Waals surface area contributed by atoms with Crippen molar-refractivity contribution >= 4 is 40.3 Å². The van der Waals surface area contributed by atoms with Crippen LogP contribution in [0.1, 0.15) is 40.2 Å². The number of hydrogen-bond donors (Lipinski definition) is 3. The average Bonchev–Trinajstić information content (AvgIpc) is 2.80. The summed E-state index contributed by atoms with van der Waals surface area (Å²) in [7, 11) is 0. The molecule has 3 aromatic rings. The van der Waals surface area contributed by atoms with E-state index in [1.54, 1.807) is 6.20 Å². The van der Waals surface area contributed by atoms with Crippen molar-refractivity contribution in [1.82, 2.24) is 19.5 Å². The molecule has 0 saturated heterocycles. The highest BCUT2D eigenvalue weighted by Crippen LogP contribution is 2.26. The summed E-state index contributed by atoms with van der Waals surface area (Å²) in [5, 5.41) is 7.33. The maximum atomic E-state index is 6.31. The van der Waals surface area contributed by atoms with Crippen LogP contribution in [0.15, 0.2) is 24.4 Å². The van der Waals surface area contributed by atoms with E-state index < -0.39 is 5.54 Å². The Morgan fingerprint density at radius 2 is 1.82 bits per heavy atom. The van der Waals surface area contributed by atoms with Crippen molar-refractivity contribution in [3.05, 3.63) is 35.0 Å². The molecule has 0 aliphatic heterocycles. The van der Waals surface area contributed by atoms with Crippen molar-refractivity contribution in [3.8, 4) is 0 Å². The maximum Gasteiger partial charge on any atom is 0.225 e. The van der Waals surface area contributed by atoms with E-state index >= 15 is 0 Å². The van der Waals surface area contributed by atoms with Crippen LogP contribution < -0.4 is 16.4 Å². The second-order valence-electron chi connectivity index (χ2n) is 8.93. The van der Waals surface area contributed by atoms with Gasteiger partial charge in [0.25, 0.3) is 0 Å². The Morgan fingerprint density at radius 3 is 2.43 bits per heavy atom. The molecule has 0 atom stereocenters. The number of hydrogen-bond acceptors (Lipinski definition) is 6. The maximum absolute atomic E-state index is 6.31. The van der Waals surface area contributed by atoms with Crippen LogP contribution in [0.3, 0.4) is 0 Å². The molecule has 2 aromatic heterocycles. The minimum absolute atomic E-state index is 0.148. The molecular formula is C20H28ClN7. The van der Waals surface area contributed by atoms with Crippen LogP contribution in [0.25, 0.3) is 11.2 Å². The molecule has 0 bridgehead atoms. The molecule has 1 aromatic carbocycles. The van der Waals surface area contributed by atoms with Crippen LogP contribution in [0.2, 0.25) is 5.02 Å². The third-order valence-electron chi connectivity index (χ3n) is 3.84. The Hall–Kier alpha value is -2.38. The summed E-state index contributed by atoms with van der Waals surface area (Å²) >= 11 is 6.21. The topological polar surface area (TPSA) is 93.7 Å². The highest BCUT2D eigenvalue weighted by atomic mass is 35.5. The predicted molar refractivity (Wildman–Crippen MR) is 116 cm³/mol. The molecule has 0 unspecified atom stereocenters. The molecule has 28 heavy (non-hydrogen) atoms. The number of nitrogens with zero attached hydrogens (tertiary/aromatic N) is 4. The van der Waals surface area contributed by atoms with Gasteiger partial charge in [0.15, 0.2) is 5.65 Å². The van der Waals surface area contributed by atoms with Gasteiger partial charge in [-0.25, -0.2) is 9.97 Å². The Bertz CT molecular complexity index is 976. The molecule has 4 N–H and O–H groups in total. The molecule has 0 radical (unpaired) electrons. The number of benzene rings is 1. The summed E-state index contributed by atoms with van der Waals surface area (Å²) in [4.78, 5) is 13.8. The average molecular weight is 402 g/mol. The second kappa shape index (κ2) is 7.22. The van der Waals surface area contributed by atoms with E-state index in [9.17, 15) is 0 Å². The van der Waals surface area contributed by atoms with Gasteiger partial charge < -0.3 is 16.4 Å². The summed E-state index contributed by atoms with van der Waals surface area (Å²) in [6.07, 6.45) is 1.73. The summed E-state index contributed by atoms with van der Waals surface area (Å²) < 4.78 is 1.99. The van der Waals surface area contributed by atoms with E-state index in [0.29, 0.717) is 29.0 Å². The SMILES string of the molecule is Cc1cc(Cl)cc(Nc2nc3cnc(NC(C)(C)C)nc3n2CC(C)(C)N)c1. The van der Waals surface area contributed by atoms with Crippen molar-refractivity contribution in [2.45, 2.75) is 59.2 Å². The van der Waals surface area contributed by atoms with E-state index in [4.69, 9.17) is 22.3 Å². The molecule has 3 rings (SSSR count). The first kappa shape index (κ1) is 20.4. The zero-order chi connectivity index (χ0) is 20.7. The van der Waals surface area contributed by atoms with E-state index in [0.717, 1.165) is 16.9 Å². The Labute approximate surface area is 170 Å². The molecule has 2 heterocycles. The van der Waals surface area contributed by atoms with Gasteiger partial charge in [0.05, 0.1) is 6.20 Å². The van der Waals surface area contributed by atoms with E-state index in [1.807, 2.05) is 43.5 Å². The Morgan fingerprint density at radius 1 is 1.11 bits per heavy atom. The lowest BCUT2D eigenvalue weighted by Gasteiger charge is -2.22. The summed E-state index contributed by atoms with van der Waals surface area (Å²) in [6.45, 7) is 12.7. The zero-order valence-corrected chi connectivity index (χ0v) is 18.0. The van der Waals surface area contributed by atoms with Gasteiger partial charge in [0.1, 0.15) is 5.52 Å². The molecular weight excluding hydrogens is 374 g/mol. The summed E-state index contributed by atoms with van der Waals surface area (Å²) in [5.41, 5.74) is 9.06. The van der Waals surface area contributed by atoms with Gasteiger partial charge in [0, 0.05) is 28.3 Å². The number of anilines is 3. The molecule has 7 nitrogen and oxygen atoms in total. The van der Waals surface area contributed by atoms with Gasteiger partial charge in [-0.05, 0) is 65.3 Å². The number of halogens is 1. The van der Waals surface area contributed by atoms with Crippen molar-refractivity contribution < 1.29 is 0 Å². The van der Waals surface area contributed by atoms with Gasteiger partial charge in [-0.3, -0.25) is 4.57 Å². The van der Waals surface area contributed by atoms with E-state index in [-0.39, 0.29) is 5.54 Å². The highest BCUT2D eigenvalue weighted by Gasteiger charge is 2.21. The van der Waals surface area contributed by atoms with E-state index in [2.05, 4.69) is 41.4 Å². The van der Waals surface area contributed by atoms with Crippen molar-refractivity contribution in [3.63, 3.8) is 0 Å². The summed E-state index contributed by atoms with van der Waals surface area (Å²) in [5.74, 6) is 1.21. The third-order valence-corrected chi connectivity index (χ3v) is 4.06. The fourth-order valence-electron chi connectivity index (χ4n) is 2.90. The molecule has 0 aliphatic rings. The van der Waals surface area contributed by atoms with Crippen LogP contribution >= 0.6 is 11.6 Å². The molecule has 0 aliphatic carbocycles. The number of aryl methyl sites for hydroxylation is 1. The van der Waals surface area contributed by atoms with Crippen LogP contribution in [0, 0.1) is 6.92 Å². The lowest BCUT2D eigenvalue weighted by atomic mass is 10.1. The first-order valence-electron chi connectivity index (χ1n) is 9.24. The fourth-order valence-corrected chi connectivity index (χ4v) is 3.19. The molecule has 150 valence electrons. The number of nitrogens with one attached hydrogen (secondary N) is 2. The molecule has 0 saturated carbocycles. The van der Waals surface area contributed by atoms with Crippen molar-refractivity contribution in [1.29, 1.82) is 0 Å². The number of fused-ring (bicyclic) bond motifs is 1. The largest absolute Gasteiger partial charge is 0.350 e. The second-order valence-corrected chi connectivity index (χ2v) is 9.37. The molecule has 0 fully saturated rings. The number of rotatable bonds is 5. The normalized spacial score (nSPS) is 12.4. The summed E-state index contributed by atoms with van der Waals surface area (Å²) in [6, 6.07) is 5.79. The lowest BCUT2D eigenvalue weighted by molar-refractivity contribution is 0.442. The van der Waals surface area contributed by atoms with Crippen LogP contribution in [-0.4, -0.2) is 30.6 Å². The molecule has 0 spiro atoms. The molecule has 0 amide bonds. The van der Waals surface area contributed by atoms with E-state index in [1.165, 1.54) is 0 Å². The Balaban J connectivity index is 2.08. The van der Waals surface area contributed by atoms with Gasteiger partial charge in [-0.2, -0.15) is 4.98 Å². The number of imidazole rings is 1. The minimum atomic E-state index is -0.448.